The van der Waals surface area contributed by atoms with Crippen LogP contribution in [0.3, 0.4) is 0 Å². The minimum absolute atomic E-state index is 0.0762. The average Bonchev–Trinajstić information content (AvgIpc) is 4.10. The molecule has 5 heterocycles. The Hall–Kier alpha value is -8.68. The van der Waals surface area contributed by atoms with Gasteiger partial charge in [0.1, 0.15) is 34.0 Å². The quantitative estimate of drug-likeness (QED) is 0.166. The Balaban J connectivity index is 1.03. The van der Waals surface area contributed by atoms with Crippen molar-refractivity contribution in [1.82, 2.24) is 24.5 Å². The van der Waals surface area contributed by atoms with E-state index in [9.17, 15) is 0 Å². The summed E-state index contributed by atoms with van der Waals surface area (Å²) in [4.78, 5) is 21.0. The number of pyridine rings is 1. The van der Waals surface area contributed by atoms with Gasteiger partial charge in [0.05, 0.1) is 11.0 Å². The molecule has 0 bridgehead atoms. The van der Waals surface area contributed by atoms with E-state index >= 15 is 0 Å². The summed E-state index contributed by atoms with van der Waals surface area (Å²) in [6, 6.07) is 65.5. The first-order valence-corrected chi connectivity index (χ1v) is 21.9. The van der Waals surface area contributed by atoms with E-state index in [4.69, 9.17) is 28.8 Å². The van der Waals surface area contributed by atoms with Crippen molar-refractivity contribution >= 4 is 65.7 Å². The van der Waals surface area contributed by atoms with Gasteiger partial charge in [-0.15, -0.1) is 0 Å². The van der Waals surface area contributed by atoms with Crippen molar-refractivity contribution in [2.45, 2.75) is 12.3 Å². The Morgan fingerprint density at radius 1 is 0.431 bits per heavy atom. The summed E-state index contributed by atoms with van der Waals surface area (Å²) in [6.45, 7) is 0. The van der Waals surface area contributed by atoms with E-state index in [1.807, 2.05) is 60.7 Å². The molecule has 1 unspecified atom stereocenters. The monoisotopic (exact) mass is 833 g/mol. The number of hydrogen-bond acceptors (Lipinski definition) is 6. The summed E-state index contributed by atoms with van der Waals surface area (Å²) in [5, 5.41) is 6.57. The summed E-state index contributed by atoms with van der Waals surface area (Å²) in [5.41, 5.74) is 14.4. The van der Waals surface area contributed by atoms with E-state index < -0.39 is 0 Å². The van der Waals surface area contributed by atoms with E-state index in [0.717, 1.165) is 93.8 Å². The van der Waals surface area contributed by atoms with Crippen LogP contribution in [0.4, 0.5) is 0 Å². The number of aromatic nitrogens is 5. The topological polar surface area (TPSA) is 82.8 Å². The Morgan fingerprint density at radius 2 is 1.03 bits per heavy atom. The lowest BCUT2D eigenvalue weighted by molar-refractivity contribution is 0.669. The molecule has 1 atom stereocenters. The fourth-order valence-corrected chi connectivity index (χ4v) is 10.3. The lowest BCUT2D eigenvalue weighted by Crippen LogP contribution is -2.10. The minimum atomic E-state index is -0.0762. The second-order valence-electron chi connectivity index (χ2n) is 16.9. The molecule has 7 nitrogen and oxygen atoms in total. The standard InChI is InChI=1S/C58H35N5O2/c1-3-15-34(16-4-1)56-60-54(61-57(62-56)35-17-5-2-6-18-35)28-36-27-37(55-42-23-8-7-19-38(42)43-31-52-45(29-47(43)55)40-21-10-13-25-50(40)64-52)33-59-58(36)63-48-24-12-9-20-39(48)44-32-53-46(30-49(44)63)41-22-11-14-26-51(41)65-53/h1-27,29-33,55H,28H2. The molecule has 13 aromatic rings. The fraction of sp³-hybridized carbons (Fsp3) is 0.0345. The molecule has 0 N–H and O–H groups in total. The molecule has 8 aromatic carbocycles. The first-order chi connectivity index (χ1) is 32.2. The molecule has 7 heteroatoms. The van der Waals surface area contributed by atoms with Crippen molar-refractivity contribution in [3.8, 4) is 39.7 Å². The van der Waals surface area contributed by atoms with Crippen LogP contribution < -0.4 is 0 Å². The maximum atomic E-state index is 6.44. The normalized spacial score (nSPS) is 13.4. The molecule has 0 fully saturated rings. The van der Waals surface area contributed by atoms with Crippen molar-refractivity contribution in [3.05, 3.63) is 222 Å². The highest BCUT2D eigenvalue weighted by Crippen LogP contribution is 2.51. The van der Waals surface area contributed by atoms with E-state index in [-0.39, 0.29) is 5.92 Å². The molecule has 1 aliphatic carbocycles. The van der Waals surface area contributed by atoms with E-state index in [2.05, 4.69) is 138 Å². The van der Waals surface area contributed by atoms with Gasteiger partial charge in [0, 0.05) is 67.5 Å². The summed E-state index contributed by atoms with van der Waals surface area (Å²) >= 11 is 0. The number of benzene rings is 8. The number of rotatable bonds is 6. The van der Waals surface area contributed by atoms with Gasteiger partial charge in [0.15, 0.2) is 11.6 Å². The molecule has 0 amide bonds. The minimum Gasteiger partial charge on any atom is -0.456 e. The first kappa shape index (κ1) is 35.9. The van der Waals surface area contributed by atoms with Gasteiger partial charge < -0.3 is 8.83 Å². The number of para-hydroxylation sites is 3. The Labute approximate surface area is 371 Å². The van der Waals surface area contributed by atoms with Gasteiger partial charge in [-0.25, -0.2) is 19.9 Å². The summed E-state index contributed by atoms with van der Waals surface area (Å²) in [7, 11) is 0. The van der Waals surface area contributed by atoms with Gasteiger partial charge in [-0.05, 0) is 76.3 Å². The molecule has 0 radical (unpaired) electrons. The van der Waals surface area contributed by atoms with Crippen LogP contribution in [0.5, 0.6) is 0 Å². The van der Waals surface area contributed by atoms with E-state index in [1.165, 1.54) is 22.3 Å². The number of hydrogen-bond donors (Lipinski definition) is 0. The average molecular weight is 834 g/mol. The fourth-order valence-electron chi connectivity index (χ4n) is 10.3. The smallest absolute Gasteiger partial charge is 0.163 e. The predicted molar refractivity (Wildman–Crippen MR) is 259 cm³/mol. The third kappa shape index (κ3) is 5.55. The lowest BCUT2D eigenvalue weighted by atomic mass is 9.88. The maximum Gasteiger partial charge on any atom is 0.163 e. The predicted octanol–water partition coefficient (Wildman–Crippen LogP) is 14.2. The van der Waals surface area contributed by atoms with Crippen LogP contribution in [-0.4, -0.2) is 24.5 Å². The molecular formula is C58H35N5O2. The molecular weight excluding hydrogens is 799 g/mol. The van der Waals surface area contributed by atoms with Gasteiger partial charge in [0.25, 0.3) is 0 Å². The summed E-state index contributed by atoms with van der Waals surface area (Å²) in [5.74, 6) is 2.65. The van der Waals surface area contributed by atoms with Crippen molar-refractivity contribution < 1.29 is 8.83 Å². The first-order valence-electron chi connectivity index (χ1n) is 21.9. The van der Waals surface area contributed by atoms with Crippen molar-refractivity contribution in [1.29, 1.82) is 0 Å². The van der Waals surface area contributed by atoms with Crippen LogP contribution in [0.1, 0.15) is 34.0 Å². The van der Waals surface area contributed by atoms with Gasteiger partial charge in [-0.3, -0.25) is 4.57 Å². The van der Waals surface area contributed by atoms with Gasteiger partial charge in [0.2, 0.25) is 0 Å². The van der Waals surface area contributed by atoms with E-state index in [0.29, 0.717) is 23.9 Å². The largest absolute Gasteiger partial charge is 0.456 e. The van der Waals surface area contributed by atoms with Crippen molar-refractivity contribution in [2.75, 3.05) is 0 Å². The third-order valence-corrected chi connectivity index (χ3v) is 13.2. The van der Waals surface area contributed by atoms with Crippen LogP contribution in [0.15, 0.2) is 203 Å². The van der Waals surface area contributed by atoms with Gasteiger partial charge in [-0.1, -0.05) is 140 Å². The van der Waals surface area contributed by atoms with Crippen LogP contribution >= 0.6 is 0 Å². The van der Waals surface area contributed by atoms with Crippen LogP contribution in [0.2, 0.25) is 0 Å². The second kappa shape index (κ2) is 13.9. The number of furan rings is 2. The molecule has 0 saturated carbocycles. The zero-order chi connectivity index (χ0) is 42.6. The summed E-state index contributed by atoms with van der Waals surface area (Å²) < 4.78 is 15.2. The number of nitrogens with zero attached hydrogens (tertiary/aromatic N) is 5. The van der Waals surface area contributed by atoms with Gasteiger partial charge >= 0.3 is 0 Å². The molecule has 304 valence electrons. The van der Waals surface area contributed by atoms with Crippen molar-refractivity contribution in [2.24, 2.45) is 0 Å². The lowest BCUT2D eigenvalue weighted by Gasteiger charge is -2.19. The van der Waals surface area contributed by atoms with Gasteiger partial charge in [-0.2, -0.15) is 0 Å². The molecule has 65 heavy (non-hydrogen) atoms. The van der Waals surface area contributed by atoms with Crippen molar-refractivity contribution in [3.63, 3.8) is 0 Å². The molecule has 1 aliphatic rings. The third-order valence-electron chi connectivity index (χ3n) is 13.2. The highest BCUT2D eigenvalue weighted by atomic mass is 16.3. The Morgan fingerprint density at radius 3 is 1.75 bits per heavy atom. The highest BCUT2D eigenvalue weighted by molar-refractivity contribution is 6.17. The zero-order valence-electron chi connectivity index (χ0n) is 34.8. The summed E-state index contributed by atoms with van der Waals surface area (Å²) in [6.07, 6.45) is 2.48. The number of fused-ring (bicyclic) bond motifs is 12. The zero-order valence-corrected chi connectivity index (χ0v) is 34.8. The molecule has 0 aliphatic heterocycles. The molecule has 0 spiro atoms. The maximum absolute atomic E-state index is 6.44. The molecule has 14 rings (SSSR count). The Kier molecular flexibility index (Phi) is 7.68. The SMILES string of the molecule is c1ccc(-c2nc(Cc3cc(C4c5ccccc5-c5cc6oc7ccccc7c6cc54)cnc3-n3c4ccccc4c4cc5oc6ccccc6c5cc43)nc(-c3ccccc3)n2)cc1. The highest BCUT2D eigenvalue weighted by Gasteiger charge is 2.32. The van der Waals surface area contributed by atoms with Crippen LogP contribution in [0, 0.1) is 0 Å². The second-order valence-corrected chi connectivity index (χ2v) is 16.9. The Bertz CT molecular complexity index is 4000. The van der Waals surface area contributed by atoms with E-state index in [1.54, 1.807) is 0 Å². The van der Waals surface area contributed by atoms with Crippen LogP contribution in [-0.2, 0) is 6.42 Å². The molecule has 5 aromatic heterocycles. The van der Waals surface area contributed by atoms with Crippen LogP contribution in [0.25, 0.3) is 105 Å². The molecule has 0 saturated heterocycles.